The molecule has 0 radical (unpaired) electrons. The minimum atomic E-state index is -0.268. The summed E-state index contributed by atoms with van der Waals surface area (Å²) >= 11 is 0. The van der Waals surface area contributed by atoms with Gasteiger partial charge in [-0.2, -0.15) is 0 Å². The van der Waals surface area contributed by atoms with Crippen molar-refractivity contribution in [2.45, 2.75) is 19.0 Å². The van der Waals surface area contributed by atoms with Gasteiger partial charge in [0.25, 0.3) is 0 Å². The van der Waals surface area contributed by atoms with Crippen LogP contribution in [0, 0.1) is 0 Å². The van der Waals surface area contributed by atoms with E-state index in [9.17, 15) is 9.59 Å². The predicted octanol–water partition coefficient (Wildman–Crippen LogP) is -1.17. The highest BCUT2D eigenvalue weighted by Gasteiger charge is 2.35. The zero-order valence-electron chi connectivity index (χ0n) is 11.9. The van der Waals surface area contributed by atoms with Gasteiger partial charge in [0.2, 0.25) is 11.8 Å². The van der Waals surface area contributed by atoms with E-state index in [0.29, 0.717) is 13.1 Å². The topological polar surface area (TPSA) is 55.9 Å². The summed E-state index contributed by atoms with van der Waals surface area (Å²) in [5, 5.41) is 3.21. The number of nitrogens with one attached hydrogen (secondary N) is 1. The summed E-state index contributed by atoms with van der Waals surface area (Å²) in [6, 6.07) is -0.524. The molecule has 0 aromatic carbocycles. The Hall–Kier alpha value is -1.14. The second-order valence-corrected chi connectivity index (χ2v) is 5.10. The summed E-state index contributed by atoms with van der Waals surface area (Å²) in [6.07, 6.45) is 0. The first-order chi connectivity index (χ1) is 8.36. The maximum atomic E-state index is 12.1. The van der Waals surface area contributed by atoms with E-state index in [-0.39, 0.29) is 23.9 Å². The predicted molar refractivity (Wildman–Crippen MR) is 70.2 cm³/mol. The maximum Gasteiger partial charge on any atom is 0.240 e. The lowest BCUT2D eigenvalue weighted by Gasteiger charge is -2.40. The molecule has 6 nitrogen and oxygen atoms in total. The van der Waals surface area contributed by atoms with Crippen LogP contribution < -0.4 is 5.32 Å². The van der Waals surface area contributed by atoms with Crippen LogP contribution in [-0.2, 0) is 9.59 Å². The van der Waals surface area contributed by atoms with Crippen LogP contribution in [0.15, 0.2) is 0 Å². The molecular formula is C12H24N4O2. The van der Waals surface area contributed by atoms with Gasteiger partial charge in [0.15, 0.2) is 0 Å². The molecule has 0 aliphatic carbocycles. The van der Waals surface area contributed by atoms with Crippen molar-refractivity contribution in [2.75, 3.05) is 47.8 Å². The van der Waals surface area contributed by atoms with Gasteiger partial charge in [-0.25, -0.2) is 0 Å². The molecule has 104 valence electrons. The van der Waals surface area contributed by atoms with Crippen LogP contribution in [0.3, 0.4) is 0 Å². The lowest BCUT2D eigenvalue weighted by atomic mass is 10.1. The lowest BCUT2D eigenvalue weighted by molar-refractivity contribution is -0.141. The van der Waals surface area contributed by atoms with Crippen molar-refractivity contribution in [1.29, 1.82) is 0 Å². The third-order valence-electron chi connectivity index (χ3n) is 3.31. The average Bonchev–Trinajstić information content (AvgIpc) is 2.35. The van der Waals surface area contributed by atoms with Gasteiger partial charge in [-0.3, -0.25) is 14.5 Å². The third kappa shape index (κ3) is 3.20. The molecule has 0 aromatic rings. The van der Waals surface area contributed by atoms with Gasteiger partial charge in [-0.1, -0.05) is 0 Å². The van der Waals surface area contributed by atoms with E-state index >= 15 is 0 Å². The molecule has 0 spiro atoms. The Morgan fingerprint density at radius 2 is 1.83 bits per heavy atom. The van der Waals surface area contributed by atoms with E-state index in [0.717, 1.165) is 6.54 Å². The van der Waals surface area contributed by atoms with Gasteiger partial charge in [0.1, 0.15) is 6.04 Å². The van der Waals surface area contributed by atoms with Gasteiger partial charge < -0.3 is 15.1 Å². The van der Waals surface area contributed by atoms with E-state index in [4.69, 9.17) is 0 Å². The Balaban J connectivity index is 2.82. The monoisotopic (exact) mass is 256 g/mol. The minimum Gasteiger partial charge on any atom is -0.347 e. The van der Waals surface area contributed by atoms with Crippen molar-refractivity contribution in [3.05, 3.63) is 0 Å². The maximum absolute atomic E-state index is 12.1. The van der Waals surface area contributed by atoms with E-state index in [1.54, 1.807) is 38.0 Å². The number of hydrogen-bond donors (Lipinski definition) is 1. The molecule has 6 heteroatoms. The first kappa shape index (κ1) is 14.9. The van der Waals surface area contributed by atoms with Gasteiger partial charge in [0.05, 0.1) is 6.04 Å². The van der Waals surface area contributed by atoms with Crippen LogP contribution in [0.2, 0.25) is 0 Å². The molecule has 1 rings (SSSR count). The number of carbonyl (C=O) groups excluding carboxylic acids is 2. The van der Waals surface area contributed by atoms with Crippen molar-refractivity contribution in [3.8, 4) is 0 Å². The minimum absolute atomic E-state index is 0.0356. The molecule has 2 atom stereocenters. The van der Waals surface area contributed by atoms with Crippen LogP contribution in [0.25, 0.3) is 0 Å². The zero-order valence-corrected chi connectivity index (χ0v) is 11.9. The molecule has 1 aliphatic rings. The number of hydrogen-bond acceptors (Lipinski definition) is 4. The quantitative estimate of drug-likeness (QED) is 0.691. The smallest absolute Gasteiger partial charge is 0.240 e. The fourth-order valence-corrected chi connectivity index (χ4v) is 2.23. The number of piperazine rings is 1. The van der Waals surface area contributed by atoms with Crippen LogP contribution in [0.5, 0.6) is 0 Å². The molecule has 2 unspecified atom stereocenters. The average molecular weight is 256 g/mol. The second kappa shape index (κ2) is 6.15. The van der Waals surface area contributed by atoms with Gasteiger partial charge in [-0.15, -0.1) is 0 Å². The van der Waals surface area contributed by atoms with Crippen LogP contribution >= 0.6 is 0 Å². The highest BCUT2D eigenvalue weighted by atomic mass is 16.2. The Kier molecular flexibility index (Phi) is 5.10. The van der Waals surface area contributed by atoms with Crippen molar-refractivity contribution in [3.63, 3.8) is 0 Å². The number of amides is 2. The molecule has 1 heterocycles. The first-order valence-corrected chi connectivity index (χ1v) is 6.25. The number of nitrogens with zero attached hydrogens (tertiary/aromatic N) is 3. The third-order valence-corrected chi connectivity index (χ3v) is 3.31. The molecule has 0 saturated carbocycles. The number of rotatable bonds is 3. The molecule has 1 saturated heterocycles. The van der Waals surface area contributed by atoms with Crippen LogP contribution in [0.4, 0.5) is 0 Å². The van der Waals surface area contributed by atoms with E-state index in [2.05, 4.69) is 5.32 Å². The van der Waals surface area contributed by atoms with E-state index in [1.807, 2.05) is 11.8 Å². The molecular weight excluding hydrogens is 232 g/mol. The van der Waals surface area contributed by atoms with Crippen LogP contribution in [-0.4, -0.2) is 86.4 Å². The molecule has 2 amide bonds. The summed E-state index contributed by atoms with van der Waals surface area (Å²) in [6.45, 7) is 3.99. The highest BCUT2D eigenvalue weighted by molar-refractivity contribution is 5.85. The Labute approximate surface area is 109 Å². The van der Waals surface area contributed by atoms with Gasteiger partial charge in [0, 0.05) is 47.8 Å². The van der Waals surface area contributed by atoms with E-state index in [1.165, 1.54) is 0 Å². The summed E-state index contributed by atoms with van der Waals surface area (Å²) in [5.74, 6) is 0.0778. The van der Waals surface area contributed by atoms with E-state index < -0.39 is 0 Å². The molecule has 1 fully saturated rings. The summed E-state index contributed by atoms with van der Waals surface area (Å²) in [5.41, 5.74) is 0. The largest absolute Gasteiger partial charge is 0.347 e. The molecule has 18 heavy (non-hydrogen) atoms. The molecule has 1 N–H and O–H groups in total. The van der Waals surface area contributed by atoms with Crippen molar-refractivity contribution in [1.82, 2.24) is 20.0 Å². The molecule has 0 bridgehead atoms. The van der Waals surface area contributed by atoms with Crippen molar-refractivity contribution >= 4 is 11.8 Å². The lowest BCUT2D eigenvalue weighted by Crippen LogP contribution is -2.62. The summed E-state index contributed by atoms with van der Waals surface area (Å²) in [7, 11) is 6.97. The first-order valence-electron chi connectivity index (χ1n) is 6.25. The van der Waals surface area contributed by atoms with Gasteiger partial charge >= 0.3 is 0 Å². The fourth-order valence-electron chi connectivity index (χ4n) is 2.23. The number of carbonyl (C=O) groups is 2. The Morgan fingerprint density at radius 3 is 2.33 bits per heavy atom. The highest BCUT2D eigenvalue weighted by Crippen LogP contribution is 2.12. The van der Waals surface area contributed by atoms with Crippen molar-refractivity contribution < 1.29 is 9.59 Å². The normalized spacial score (nSPS) is 22.4. The van der Waals surface area contributed by atoms with Crippen molar-refractivity contribution in [2.24, 2.45) is 0 Å². The Bertz CT molecular complexity index is 317. The summed E-state index contributed by atoms with van der Waals surface area (Å²) in [4.78, 5) is 29.3. The SMILES string of the molecule is CC(C(=O)N(C)C)N1CCNCC1C(=O)N(C)C. The number of likely N-dealkylation sites (N-methyl/N-ethyl adjacent to an activating group) is 2. The second-order valence-electron chi connectivity index (χ2n) is 5.10. The zero-order chi connectivity index (χ0) is 13.9. The molecule has 0 aromatic heterocycles. The standard InChI is InChI=1S/C12H24N4O2/c1-9(11(17)14(2)3)16-7-6-13-8-10(16)12(18)15(4)5/h9-10,13H,6-8H2,1-5H3. The summed E-state index contributed by atoms with van der Waals surface area (Å²) < 4.78 is 0. The van der Waals surface area contributed by atoms with Gasteiger partial charge in [-0.05, 0) is 6.92 Å². The fraction of sp³-hybridized carbons (Fsp3) is 0.833. The Morgan fingerprint density at radius 1 is 1.22 bits per heavy atom. The van der Waals surface area contributed by atoms with Crippen LogP contribution in [0.1, 0.15) is 6.92 Å². The molecule has 1 aliphatic heterocycles.